The summed E-state index contributed by atoms with van der Waals surface area (Å²) in [5, 5.41) is 2.81. The Kier molecular flexibility index (Phi) is 5.32. The van der Waals surface area contributed by atoms with Crippen molar-refractivity contribution in [3.63, 3.8) is 0 Å². The minimum atomic E-state index is -0.918. The molecule has 0 aliphatic carbocycles. The molecule has 0 saturated heterocycles. The van der Waals surface area contributed by atoms with E-state index in [2.05, 4.69) is 5.32 Å². The van der Waals surface area contributed by atoms with E-state index < -0.39 is 12.1 Å². The number of amides is 2. The number of fused-ring (bicyclic) bond motifs is 2. The highest BCUT2D eigenvalue weighted by atomic mass is 32.2. The molecule has 29 heavy (non-hydrogen) atoms. The summed E-state index contributed by atoms with van der Waals surface area (Å²) in [5.74, 6) is -0.206. The molecule has 2 aliphatic rings. The van der Waals surface area contributed by atoms with Crippen molar-refractivity contribution in [3.05, 3.63) is 53.6 Å². The van der Waals surface area contributed by atoms with Crippen LogP contribution < -0.4 is 10.2 Å². The van der Waals surface area contributed by atoms with E-state index in [9.17, 15) is 14.4 Å². The summed E-state index contributed by atoms with van der Waals surface area (Å²) >= 11 is 1.57. The summed E-state index contributed by atoms with van der Waals surface area (Å²) in [7, 11) is 0. The third-order valence-electron chi connectivity index (χ3n) is 5.15. The molecule has 2 aromatic carbocycles. The maximum atomic E-state index is 13.0. The number of thioether (sulfide) groups is 1. The molecule has 0 aromatic heterocycles. The Morgan fingerprint density at radius 1 is 1.24 bits per heavy atom. The minimum Gasteiger partial charge on any atom is -0.449 e. The number of hydrogen-bond donors (Lipinski definition) is 1. The fourth-order valence-corrected chi connectivity index (χ4v) is 4.66. The number of nitrogens with zero attached hydrogens (tertiary/aromatic N) is 1. The van der Waals surface area contributed by atoms with Crippen molar-refractivity contribution in [2.24, 2.45) is 0 Å². The number of rotatable bonds is 3. The van der Waals surface area contributed by atoms with Crippen LogP contribution in [0.4, 0.5) is 11.4 Å². The first kappa shape index (κ1) is 19.5. The average Bonchev–Trinajstić information content (AvgIpc) is 2.91. The molecule has 2 amide bonds. The highest BCUT2D eigenvalue weighted by molar-refractivity contribution is 7.99. The maximum absolute atomic E-state index is 13.0. The smallest absolute Gasteiger partial charge is 0.338 e. The first-order valence-corrected chi connectivity index (χ1v) is 10.6. The lowest BCUT2D eigenvalue weighted by atomic mass is 10.1. The van der Waals surface area contributed by atoms with Gasteiger partial charge in [-0.1, -0.05) is 18.2 Å². The van der Waals surface area contributed by atoms with Gasteiger partial charge in [0.05, 0.1) is 11.3 Å². The molecule has 0 radical (unpaired) electrons. The molecule has 0 fully saturated rings. The number of ether oxygens (including phenoxy) is 1. The van der Waals surface area contributed by atoms with Gasteiger partial charge in [-0.25, -0.2) is 4.79 Å². The van der Waals surface area contributed by atoms with Crippen molar-refractivity contribution < 1.29 is 19.1 Å². The van der Waals surface area contributed by atoms with Gasteiger partial charge in [-0.2, -0.15) is 0 Å². The fraction of sp³-hybridized carbons (Fsp3) is 0.318. The molecular weight excluding hydrogens is 388 g/mol. The van der Waals surface area contributed by atoms with Crippen molar-refractivity contribution in [2.75, 3.05) is 16.0 Å². The van der Waals surface area contributed by atoms with Crippen molar-refractivity contribution in [1.29, 1.82) is 0 Å². The van der Waals surface area contributed by atoms with Crippen LogP contribution in [0.5, 0.6) is 0 Å². The van der Waals surface area contributed by atoms with E-state index in [0.717, 1.165) is 22.6 Å². The topological polar surface area (TPSA) is 75.7 Å². The second-order valence-electron chi connectivity index (χ2n) is 7.30. The Morgan fingerprint density at radius 2 is 2.03 bits per heavy atom. The number of carbonyl (C=O) groups is 3. The van der Waals surface area contributed by atoms with Crippen LogP contribution in [0.1, 0.15) is 36.2 Å². The molecular formula is C22H22N2O4S. The van der Waals surface area contributed by atoms with Crippen molar-refractivity contribution in [1.82, 2.24) is 0 Å². The van der Waals surface area contributed by atoms with Crippen LogP contribution in [-0.2, 0) is 20.7 Å². The molecule has 150 valence electrons. The lowest BCUT2D eigenvalue weighted by molar-refractivity contribution is -0.126. The van der Waals surface area contributed by atoms with Crippen molar-refractivity contribution >= 4 is 40.9 Å². The minimum absolute atomic E-state index is 0.0146. The van der Waals surface area contributed by atoms with E-state index in [1.165, 1.54) is 0 Å². The molecule has 2 heterocycles. The molecule has 2 aromatic rings. The lowest BCUT2D eigenvalue weighted by Gasteiger charge is -2.26. The molecule has 1 N–H and O–H groups in total. The highest BCUT2D eigenvalue weighted by Gasteiger charge is 2.34. The van der Waals surface area contributed by atoms with Gasteiger partial charge in [-0.05, 0) is 50.1 Å². The monoisotopic (exact) mass is 410 g/mol. The molecule has 4 rings (SSSR count). The SMILES string of the molecule is C[C@@H]1Cc2ccccc2N1C(=O)[C@@H](C)OC(=O)c1ccc2c(c1)NC(=O)CCS2. The Morgan fingerprint density at radius 3 is 2.86 bits per heavy atom. The summed E-state index contributed by atoms with van der Waals surface area (Å²) < 4.78 is 5.47. The summed E-state index contributed by atoms with van der Waals surface area (Å²) in [6, 6.07) is 12.9. The quantitative estimate of drug-likeness (QED) is 0.782. The molecule has 6 nitrogen and oxygen atoms in total. The Labute approximate surface area is 173 Å². The molecule has 7 heteroatoms. The van der Waals surface area contributed by atoms with Gasteiger partial charge in [0.25, 0.3) is 5.91 Å². The van der Waals surface area contributed by atoms with Gasteiger partial charge in [0.15, 0.2) is 6.10 Å². The predicted octanol–water partition coefficient (Wildman–Crippen LogP) is 3.64. The normalized spacial score (nSPS) is 18.9. The van der Waals surface area contributed by atoms with Crippen LogP contribution in [0.25, 0.3) is 0 Å². The Balaban J connectivity index is 1.49. The van der Waals surface area contributed by atoms with E-state index in [0.29, 0.717) is 23.4 Å². The van der Waals surface area contributed by atoms with E-state index >= 15 is 0 Å². The molecule has 0 bridgehead atoms. The zero-order valence-corrected chi connectivity index (χ0v) is 17.1. The number of hydrogen-bond acceptors (Lipinski definition) is 5. The van der Waals surface area contributed by atoms with Gasteiger partial charge in [0, 0.05) is 28.8 Å². The van der Waals surface area contributed by atoms with E-state index in [-0.39, 0.29) is 17.9 Å². The van der Waals surface area contributed by atoms with E-state index in [4.69, 9.17) is 4.74 Å². The predicted molar refractivity (Wildman–Crippen MR) is 112 cm³/mol. The van der Waals surface area contributed by atoms with E-state index in [1.807, 2.05) is 31.2 Å². The van der Waals surface area contributed by atoms with Crippen LogP contribution in [0.15, 0.2) is 47.4 Å². The number of nitrogens with one attached hydrogen (secondary N) is 1. The van der Waals surface area contributed by atoms with Crippen LogP contribution >= 0.6 is 11.8 Å². The van der Waals surface area contributed by atoms with Gasteiger partial charge < -0.3 is 15.0 Å². The summed E-state index contributed by atoms with van der Waals surface area (Å²) in [5.41, 5.74) is 2.90. The third-order valence-corrected chi connectivity index (χ3v) is 6.23. The molecule has 2 aliphatic heterocycles. The number of para-hydroxylation sites is 1. The highest BCUT2D eigenvalue weighted by Crippen LogP contribution is 2.33. The number of benzene rings is 2. The lowest BCUT2D eigenvalue weighted by Crippen LogP contribution is -2.43. The zero-order valence-electron chi connectivity index (χ0n) is 16.3. The second-order valence-corrected chi connectivity index (χ2v) is 8.43. The van der Waals surface area contributed by atoms with E-state index in [1.54, 1.807) is 41.8 Å². The van der Waals surface area contributed by atoms with Crippen LogP contribution in [0, 0.1) is 0 Å². The summed E-state index contributed by atoms with van der Waals surface area (Å²) in [4.78, 5) is 40.0. The second kappa shape index (κ2) is 7.91. The third kappa shape index (κ3) is 3.87. The van der Waals surface area contributed by atoms with Crippen LogP contribution in [-0.4, -0.2) is 35.7 Å². The first-order valence-electron chi connectivity index (χ1n) is 9.62. The van der Waals surface area contributed by atoms with Crippen LogP contribution in [0.3, 0.4) is 0 Å². The van der Waals surface area contributed by atoms with Gasteiger partial charge in [-0.15, -0.1) is 11.8 Å². The van der Waals surface area contributed by atoms with Gasteiger partial charge in [-0.3, -0.25) is 9.59 Å². The van der Waals surface area contributed by atoms with Gasteiger partial charge >= 0.3 is 5.97 Å². The Bertz CT molecular complexity index is 991. The Hall–Kier alpha value is -2.80. The average molecular weight is 410 g/mol. The maximum Gasteiger partial charge on any atom is 0.338 e. The number of anilines is 2. The van der Waals surface area contributed by atoms with Gasteiger partial charge in [0.2, 0.25) is 5.91 Å². The van der Waals surface area contributed by atoms with Crippen LogP contribution in [0.2, 0.25) is 0 Å². The number of esters is 1. The number of carbonyl (C=O) groups excluding carboxylic acids is 3. The standard InChI is InChI=1S/C22H22N2O4S/c1-13-11-15-5-3-4-6-18(15)24(13)21(26)14(2)28-22(27)16-7-8-19-17(12-16)23-20(25)9-10-29-19/h3-8,12-14H,9-11H2,1-2H3,(H,23,25)/t13-,14-/m1/s1. The molecule has 0 unspecified atom stereocenters. The summed E-state index contributed by atoms with van der Waals surface area (Å²) in [6.07, 6.45) is 0.296. The molecule has 0 saturated carbocycles. The largest absolute Gasteiger partial charge is 0.449 e. The van der Waals surface area contributed by atoms with Crippen molar-refractivity contribution in [2.45, 2.75) is 43.7 Å². The summed E-state index contributed by atoms with van der Waals surface area (Å²) in [6.45, 7) is 3.58. The molecule has 0 spiro atoms. The van der Waals surface area contributed by atoms with Crippen molar-refractivity contribution in [3.8, 4) is 0 Å². The first-order chi connectivity index (χ1) is 13.9. The zero-order chi connectivity index (χ0) is 20.5. The van der Waals surface area contributed by atoms with Gasteiger partial charge in [0.1, 0.15) is 0 Å². The molecule has 2 atom stereocenters. The fourth-order valence-electron chi connectivity index (χ4n) is 3.72.